The summed E-state index contributed by atoms with van der Waals surface area (Å²) in [6.07, 6.45) is 0. The third-order valence-corrected chi connectivity index (χ3v) is 5.91. The third kappa shape index (κ3) is 3.28. The maximum absolute atomic E-state index is 12.2. The molecule has 0 radical (unpaired) electrons. The lowest BCUT2D eigenvalue weighted by Crippen LogP contribution is -2.30. The molecule has 0 N–H and O–H groups in total. The summed E-state index contributed by atoms with van der Waals surface area (Å²) < 4.78 is 26.5. The van der Waals surface area contributed by atoms with Crippen molar-refractivity contribution in [2.45, 2.75) is 18.7 Å². The van der Waals surface area contributed by atoms with Gasteiger partial charge in [-0.05, 0) is 35.8 Å². The maximum atomic E-state index is 12.2. The van der Waals surface area contributed by atoms with E-state index in [9.17, 15) is 8.42 Å². The summed E-state index contributed by atoms with van der Waals surface area (Å²) in [6, 6.07) is 3.63. The molecule has 4 nitrogen and oxygen atoms in total. The first-order valence-corrected chi connectivity index (χ1v) is 7.96. The molecule has 1 aromatic heterocycles. The lowest BCUT2D eigenvalue weighted by molar-refractivity contribution is 0.439. The number of halogens is 1. The lowest BCUT2D eigenvalue weighted by Gasteiger charge is -2.17. The van der Waals surface area contributed by atoms with Crippen LogP contribution < -0.4 is 0 Å². The predicted molar refractivity (Wildman–Crippen MR) is 71.3 cm³/mol. The van der Waals surface area contributed by atoms with Crippen LogP contribution in [0.4, 0.5) is 0 Å². The third-order valence-electron chi connectivity index (χ3n) is 2.28. The number of hydrogen-bond donors (Lipinski definition) is 0. The van der Waals surface area contributed by atoms with Crippen LogP contribution in [0.1, 0.15) is 11.8 Å². The summed E-state index contributed by atoms with van der Waals surface area (Å²) in [6.45, 7) is 3.66. The van der Waals surface area contributed by atoms with E-state index in [0.29, 0.717) is 4.90 Å². The Morgan fingerprint density at radius 1 is 1.65 bits per heavy atom. The fourth-order valence-corrected chi connectivity index (χ4v) is 5.02. The number of nitriles is 1. The highest BCUT2D eigenvalue weighted by molar-refractivity contribution is 9.11. The molecular formula is C10H13BrN2O2S2. The van der Waals surface area contributed by atoms with Gasteiger partial charge in [-0.25, -0.2) is 8.42 Å². The fraction of sp³-hybridized carbons (Fsp3) is 0.500. The minimum absolute atomic E-state index is 0.200. The molecule has 1 rings (SSSR count). The van der Waals surface area contributed by atoms with Gasteiger partial charge in [0.1, 0.15) is 0 Å². The molecule has 0 aliphatic heterocycles. The highest BCUT2D eigenvalue weighted by Gasteiger charge is 2.25. The van der Waals surface area contributed by atoms with Crippen LogP contribution >= 0.6 is 27.3 Å². The van der Waals surface area contributed by atoms with Gasteiger partial charge in [-0.2, -0.15) is 9.57 Å². The molecule has 0 aromatic carbocycles. The van der Waals surface area contributed by atoms with Gasteiger partial charge in [-0.3, -0.25) is 0 Å². The Kier molecular flexibility index (Phi) is 4.72. The predicted octanol–water partition coefficient (Wildman–Crippen LogP) is 2.60. The molecule has 0 spiro atoms. The van der Waals surface area contributed by atoms with Crippen molar-refractivity contribution in [3.8, 4) is 6.07 Å². The van der Waals surface area contributed by atoms with E-state index >= 15 is 0 Å². The largest absolute Gasteiger partial charge is 0.243 e. The first-order valence-electron chi connectivity index (χ1n) is 4.91. The van der Waals surface area contributed by atoms with Gasteiger partial charge in [0.2, 0.25) is 10.0 Å². The summed E-state index contributed by atoms with van der Waals surface area (Å²) in [5, 5.41) is 8.70. The van der Waals surface area contributed by atoms with Crippen molar-refractivity contribution in [2.24, 2.45) is 5.92 Å². The van der Waals surface area contributed by atoms with Gasteiger partial charge in [-0.15, -0.1) is 11.3 Å². The smallest absolute Gasteiger partial charge is 0.207 e. The van der Waals surface area contributed by atoms with Gasteiger partial charge in [0, 0.05) is 18.5 Å². The molecule has 0 aliphatic carbocycles. The molecule has 0 amide bonds. The Balaban J connectivity index is 3.04. The van der Waals surface area contributed by atoms with Crippen LogP contribution in [-0.4, -0.2) is 26.3 Å². The lowest BCUT2D eigenvalue weighted by atomic mass is 10.2. The number of thiophene rings is 1. The Hall–Kier alpha value is -0.420. The average molecular weight is 337 g/mol. The first kappa shape index (κ1) is 14.6. The molecule has 0 aliphatic rings. The van der Waals surface area contributed by atoms with Crippen molar-refractivity contribution in [2.75, 3.05) is 13.6 Å². The Labute approximate surface area is 114 Å². The summed E-state index contributed by atoms with van der Waals surface area (Å²) in [7, 11) is -2.00. The van der Waals surface area contributed by atoms with Crippen molar-refractivity contribution in [3.05, 3.63) is 14.7 Å². The molecule has 7 heteroatoms. The summed E-state index contributed by atoms with van der Waals surface area (Å²) >= 11 is 4.66. The van der Waals surface area contributed by atoms with Crippen LogP contribution in [-0.2, 0) is 10.0 Å². The zero-order valence-electron chi connectivity index (χ0n) is 9.77. The zero-order valence-corrected chi connectivity index (χ0v) is 13.0. The highest BCUT2D eigenvalue weighted by atomic mass is 79.9. The van der Waals surface area contributed by atoms with E-state index in [0.717, 1.165) is 8.66 Å². The monoisotopic (exact) mass is 336 g/mol. The normalized spacial score (nSPS) is 13.6. The molecule has 1 aromatic rings. The van der Waals surface area contributed by atoms with E-state index in [1.165, 1.54) is 22.7 Å². The van der Waals surface area contributed by atoms with E-state index < -0.39 is 10.0 Å². The molecular weight excluding hydrogens is 324 g/mol. The minimum atomic E-state index is -3.49. The van der Waals surface area contributed by atoms with Crippen molar-refractivity contribution in [3.63, 3.8) is 0 Å². The topological polar surface area (TPSA) is 61.2 Å². The van der Waals surface area contributed by atoms with Gasteiger partial charge >= 0.3 is 0 Å². The van der Waals surface area contributed by atoms with Crippen LogP contribution in [0.3, 0.4) is 0 Å². The number of rotatable bonds is 4. The second-order valence-electron chi connectivity index (χ2n) is 3.79. The van der Waals surface area contributed by atoms with Gasteiger partial charge in [0.25, 0.3) is 0 Å². The van der Waals surface area contributed by atoms with Crippen LogP contribution in [0.15, 0.2) is 14.7 Å². The molecule has 0 fully saturated rings. The number of nitrogens with zero attached hydrogens (tertiary/aromatic N) is 2. The van der Waals surface area contributed by atoms with E-state index in [1.54, 1.807) is 19.9 Å². The Bertz CT molecular complexity index is 545. The molecule has 0 saturated carbocycles. The van der Waals surface area contributed by atoms with Crippen molar-refractivity contribution in [1.82, 2.24) is 4.31 Å². The van der Waals surface area contributed by atoms with E-state index in [2.05, 4.69) is 15.9 Å². The van der Waals surface area contributed by atoms with Crippen molar-refractivity contribution < 1.29 is 8.42 Å². The molecule has 17 heavy (non-hydrogen) atoms. The molecule has 0 bridgehead atoms. The molecule has 1 atom stereocenters. The van der Waals surface area contributed by atoms with Gasteiger partial charge in [0.05, 0.1) is 20.7 Å². The standard InChI is InChI=1S/C10H13BrN2O2S2/c1-7(5-12)6-13(3)17(14,15)9-4-10(11)16-8(9)2/h4,7H,6H2,1-3H3. The van der Waals surface area contributed by atoms with Gasteiger partial charge in [-0.1, -0.05) is 0 Å². The van der Waals surface area contributed by atoms with E-state index in [-0.39, 0.29) is 12.5 Å². The van der Waals surface area contributed by atoms with E-state index in [1.807, 2.05) is 6.07 Å². The van der Waals surface area contributed by atoms with Crippen LogP contribution in [0.25, 0.3) is 0 Å². The second kappa shape index (κ2) is 5.48. The summed E-state index contributed by atoms with van der Waals surface area (Å²) in [5.41, 5.74) is 0. The Morgan fingerprint density at radius 3 is 2.65 bits per heavy atom. The number of aryl methyl sites for hydroxylation is 1. The Morgan fingerprint density at radius 2 is 2.24 bits per heavy atom. The fourth-order valence-electron chi connectivity index (χ4n) is 1.38. The first-order chi connectivity index (χ1) is 7.78. The molecule has 94 valence electrons. The summed E-state index contributed by atoms with van der Waals surface area (Å²) in [5.74, 6) is -0.322. The van der Waals surface area contributed by atoms with Gasteiger partial charge in [0.15, 0.2) is 0 Å². The van der Waals surface area contributed by atoms with Crippen LogP contribution in [0, 0.1) is 24.2 Å². The quantitative estimate of drug-likeness (QED) is 0.848. The van der Waals surface area contributed by atoms with E-state index in [4.69, 9.17) is 5.26 Å². The van der Waals surface area contributed by atoms with Gasteiger partial charge < -0.3 is 0 Å². The zero-order chi connectivity index (χ0) is 13.2. The van der Waals surface area contributed by atoms with Crippen molar-refractivity contribution in [1.29, 1.82) is 5.26 Å². The maximum Gasteiger partial charge on any atom is 0.243 e. The SMILES string of the molecule is Cc1sc(Br)cc1S(=O)(=O)N(C)CC(C)C#N. The molecule has 1 unspecified atom stereocenters. The van der Waals surface area contributed by atoms with Crippen molar-refractivity contribution >= 4 is 37.3 Å². The average Bonchev–Trinajstić information content (AvgIpc) is 2.58. The molecule has 0 saturated heterocycles. The second-order valence-corrected chi connectivity index (χ2v) is 8.44. The minimum Gasteiger partial charge on any atom is -0.207 e. The highest BCUT2D eigenvalue weighted by Crippen LogP contribution is 2.31. The summed E-state index contributed by atoms with van der Waals surface area (Å²) in [4.78, 5) is 1.05. The van der Waals surface area contributed by atoms with Crippen LogP contribution in [0.5, 0.6) is 0 Å². The number of hydrogen-bond acceptors (Lipinski definition) is 4. The van der Waals surface area contributed by atoms with Crippen LogP contribution in [0.2, 0.25) is 0 Å². The molecule has 1 heterocycles. The number of sulfonamides is 1.